The van der Waals surface area contributed by atoms with Gasteiger partial charge in [-0.15, -0.1) is 0 Å². The first-order chi connectivity index (χ1) is 7.72. The molecule has 5 heteroatoms. The van der Waals surface area contributed by atoms with E-state index >= 15 is 0 Å². The van der Waals surface area contributed by atoms with E-state index in [2.05, 4.69) is 9.97 Å². The van der Waals surface area contributed by atoms with Crippen molar-refractivity contribution < 1.29 is 9.90 Å². The third-order valence-corrected chi connectivity index (χ3v) is 2.46. The van der Waals surface area contributed by atoms with E-state index in [1.165, 1.54) is 0 Å². The molecule has 0 bridgehead atoms. The second-order valence-electron chi connectivity index (χ2n) is 3.51. The molecule has 1 N–H and O–H groups in total. The molecule has 2 heterocycles. The van der Waals surface area contributed by atoms with Crippen LogP contribution in [0.15, 0.2) is 18.3 Å². The number of hydrogen-bond donors (Lipinski definition) is 1. The second-order valence-corrected chi connectivity index (χ2v) is 3.51. The Bertz CT molecular complexity index is 519. The van der Waals surface area contributed by atoms with Crippen LogP contribution < -0.4 is 0 Å². The largest absolute Gasteiger partial charge is 0.481 e. The Morgan fingerprint density at radius 3 is 3.06 bits per heavy atom. The molecule has 0 aliphatic carbocycles. The monoisotopic (exact) mass is 219 g/mol. The summed E-state index contributed by atoms with van der Waals surface area (Å²) in [6, 6.07) is 3.72. The zero-order chi connectivity index (χ0) is 11.5. The van der Waals surface area contributed by atoms with Gasteiger partial charge in [0.15, 0.2) is 5.65 Å². The van der Waals surface area contributed by atoms with E-state index in [1.807, 2.05) is 23.6 Å². The molecule has 0 radical (unpaired) electrons. The fourth-order valence-electron chi connectivity index (χ4n) is 1.75. The number of aromatic nitrogens is 3. The van der Waals surface area contributed by atoms with Gasteiger partial charge >= 0.3 is 5.97 Å². The zero-order valence-electron chi connectivity index (χ0n) is 9.05. The van der Waals surface area contributed by atoms with E-state index in [0.717, 1.165) is 23.5 Å². The Morgan fingerprint density at radius 1 is 1.56 bits per heavy atom. The lowest BCUT2D eigenvalue weighted by Crippen LogP contribution is -2.05. The fraction of sp³-hybridized carbons (Fsp3) is 0.364. The van der Waals surface area contributed by atoms with Gasteiger partial charge in [0.2, 0.25) is 0 Å². The van der Waals surface area contributed by atoms with Gasteiger partial charge in [0.25, 0.3) is 0 Å². The average Bonchev–Trinajstić information content (AvgIpc) is 2.63. The molecule has 0 saturated heterocycles. The molecule has 0 atom stereocenters. The molecule has 0 aliphatic heterocycles. The Morgan fingerprint density at radius 2 is 2.38 bits per heavy atom. The van der Waals surface area contributed by atoms with Crippen molar-refractivity contribution in [1.82, 2.24) is 14.5 Å². The normalized spacial score (nSPS) is 10.8. The maximum absolute atomic E-state index is 10.5. The van der Waals surface area contributed by atoms with Crippen LogP contribution in [0.1, 0.15) is 19.2 Å². The number of aliphatic carboxylic acids is 1. The summed E-state index contributed by atoms with van der Waals surface area (Å²) >= 11 is 0. The number of carbonyl (C=O) groups is 1. The van der Waals surface area contributed by atoms with Gasteiger partial charge in [-0.1, -0.05) is 0 Å². The highest BCUT2D eigenvalue weighted by Gasteiger charge is 2.10. The van der Waals surface area contributed by atoms with E-state index in [4.69, 9.17) is 5.11 Å². The molecule has 2 rings (SSSR count). The number of hydrogen-bond acceptors (Lipinski definition) is 3. The topological polar surface area (TPSA) is 68.0 Å². The first-order valence-corrected chi connectivity index (χ1v) is 5.24. The minimum absolute atomic E-state index is 0.101. The smallest absolute Gasteiger partial charge is 0.303 e. The summed E-state index contributed by atoms with van der Waals surface area (Å²) in [6.45, 7) is 2.75. The lowest BCUT2D eigenvalue weighted by Gasteiger charge is -2.03. The van der Waals surface area contributed by atoms with Crippen LogP contribution >= 0.6 is 0 Å². The Hall–Kier alpha value is -1.91. The molecule has 0 spiro atoms. The van der Waals surface area contributed by atoms with Crippen LogP contribution in [-0.2, 0) is 17.8 Å². The molecule has 0 fully saturated rings. The summed E-state index contributed by atoms with van der Waals surface area (Å²) in [5.41, 5.74) is 1.65. The van der Waals surface area contributed by atoms with Gasteiger partial charge < -0.3 is 9.67 Å². The summed E-state index contributed by atoms with van der Waals surface area (Å²) in [5, 5.41) is 8.66. The van der Waals surface area contributed by atoms with Crippen molar-refractivity contribution in [2.45, 2.75) is 26.3 Å². The summed E-state index contributed by atoms with van der Waals surface area (Å²) in [4.78, 5) is 19.2. The van der Waals surface area contributed by atoms with Gasteiger partial charge in [-0.25, -0.2) is 9.97 Å². The first kappa shape index (κ1) is 10.6. The molecule has 0 amide bonds. The van der Waals surface area contributed by atoms with E-state index in [9.17, 15) is 4.79 Å². The SMILES string of the molecule is CCn1c(CCC(=O)O)nc2cccnc21. The van der Waals surface area contributed by atoms with Crippen molar-refractivity contribution in [1.29, 1.82) is 0 Å². The molecule has 0 aliphatic rings. The molecule has 2 aromatic rings. The molecule has 2 aromatic heterocycles. The number of carboxylic acids is 1. The third-order valence-electron chi connectivity index (χ3n) is 2.46. The molecular formula is C11H13N3O2. The number of nitrogens with zero attached hydrogens (tertiary/aromatic N) is 3. The maximum Gasteiger partial charge on any atom is 0.303 e. The van der Waals surface area contributed by atoms with Gasteiger partial charge in [0, 0.05) is 19.2 Å². The number of pyridine rings is 1. The predicted octanol–water partition coefficient (Wildman–Crippen LogP) is 1.47. The fourth-order valence-corrected chi connectivity index (χ4v) is 1.75. The highest BCUT2D eigenvalue weighted by molar-refractivity contribution is 5.71. The summed E-state index contributed by atoms with van der Waals surface area (Å²) in [5.74, 6) is -0.0127. The maximum atomic E-state index is 10.5. The van der Waals surface area contributed by atoms with Crippen molar-refractivity contribution in [2.75, 3.05) is 0 Å². The Labute approximate surface area is 92.8 Å². The predicted molar refractivity (Wildman–Crippen MR) is 59.2 cm³/mol. The van der Waals surface area contributed by atoms with Crippen molar-refractivity contribution >= 4 is 17.1 Å². The second kappa shape index (κ2) is 4.30. The van der Waals surface area contributed by atoms with Gasteiger partial charge in [-0.2, -0.15) is 0 Å². The Kier molecular flexibility index (Phi) is 2.85. The van der Waals surface area contributed by atoms with Crippen LogP contribution in [0.4, 0.5) is 0 Å². The van der Waals surface area contributed by atoms with Crippen LogP contribution in [-0.4, -0.2) is 25.6 Å². The summed E-state index contributed by atoms with van der Waals surface area (Å²) < 4.78 is 1.96. The van der Waals surface area contributed by atoms with Crippen LogP contribution in [0.5, 0.6) is 0 Å². The quantitative estimate of drug-likeness (QED) is 0.845. The molecule has 84 valence electrons. The van der Waals surface area contributed by atoms with E-state index < -0.39 is 5.97 Å². The van der Waals surface area contributed by atoms with Crippen molar-refractivity contribution in [3.05, 3.63) is 24.2 Å². The molecule has 0 aromatic carbocycles. The highest BCUT2D eigenvalue weighted by atomic mass is 16.4. The molecule has 16 heavy (non-hydrogen) atoms. The molecule has 0 unspecified atom stereocenters. The van der Waals surface area contributed by atoms with E-state index in [-0.39, 0.29) is 6.42 Å². The van der Waals surface area contributed by atoms with Crippen LogP contribution in [0.3, 0.4) is 0 Å². The lowest BCUT2D eigenvalue weighted by molar-refractivity contribution is -0.137. The highest BCUT2D eigenvalue weighted by Crippen LogP contribution is 2.14. The van der Waals surface area contributed by atoms with Gasteiger partial charge in [0.1, 0.15) is 11.3 Å². The van der Waals surface area contributed by atoms with E-state index in [0.29, 0.717) is 6.42 Å². The standard InChI is InChI=1S/C11H13N3O2/c1-2-14-9(5-6-10(15)16)13-8-4-3-7-12-11(8)14/h3-4,7H,2,5-6H2,1H3,(H,15,16). The van der Waals surface area contributed by atoms with Crippen LogP contribution in [0.25, 0.3) is 11.2 Å². The number of imidazole rings is 1. The van der Waals surface area contributed by atoms with Gasteiger partial charge in [-0.05, 0) is 19.1 Å². The van der Waals surface area contributed by atoms with Crippen molar-refractivity contribution in [2.24, 2.45) is 0 Å². The van der Waals surface area contributed by atoms with Gasteiger partial charge in [0.05, 0.1) is 6.42 Å². The third kappa shape index (κ3) is 1.88. The summed E-state index contributed by atoms with van der Waals surface area (Å²) in [7, 11) is 0. The first-order valence-electron chi connectivity index (χ1n) is 5.24. The number of aryl methyl sites for hydroxylation is 2. The van der Waals surface area contributed by atoms with E-state index in [1.54, 1.807) is 6.20 Å². The van der Waals surface area contributed by atoms with Crippen molar-refractivity contribution in [3.63, 3.8) is 0 Å². The number of carboxylic acid groups (broad SMARTS) is 1. The Balaban J connectivity index is 2.40. The molecular weight excluding hydrogens is 206 g/mol. The number of rotatable bonds is 4. The molecule has 0 saturated carbocycles. The number of fused-ring (bicyclic) bond motifs is 1. The minimum Gasteiger partial charge on any atom is -0.481 e. The van der Waals surface area contributed by atoms with Crippen LogP contribution in [0.2, 0.25) is 0 Å². The average molecular weight is 219 g/mol. The molecule has 5 nitrogen and oxygen atoms in total. The minimum atomic E-state index is -0.803. The zero-order valence-corrected chi connectivity index (χ0v) is 9.05. The summed E-state index contributed by atoms with van der Waals surface area (Å²) in [6.07, 6.45) is 2.26. The lowest BCUT2D eigenvalue weighted by atomic mass is 10.3. The van der Waals surface area contributed by atoms with Crippen molar-refractivity contribution in [3.8, 4) is 0 Å². The van der Waals surface area contributed by atoms with Gasteiger partial charge in [-0.3, -0.25) is 4.79 Å². The van der Waals surface area contributed by atoms with Crippen LogP contribution in [0, 0.1) is 0 Å².